The van der Waals surface area contributed by atoms with Gasteiger partial charge in [-0.25, -0.2) is 0 Å². The predicted molar refractivity (Wildman–Crippen MR) is 76.2 cm³/mol. The van der Waals surface area contributed by atoms with Crippen LogP contribution in [0.3, 0.4) is 0 Å². The van der Waals surface area contributed by atoms with E-state index in [-0.39, 0.29) is 0 Å². The lowest BCUT2D eigenvalue weighted by atomic mass is 10.0. The van der Waals surface area contributed by atoms with Crippen LogP contribution in [-0.4, -0.2) is 23.8 Å². The van der Waals surface area contributed by atoms with Gasteiger partial charge in [0.25, 0.3) is 0 Å². The van der Waals surface area contributed by atoms with Crippen molar-refractivity contribution in [2.75, 3.05) is 13.2 Å². The molecule has 0 atom stereocenters. The van der Waals surface area contributed by atoms with Crippen molar-refractivity contribution in [1.82, 2.24) is 4.98 Å². The number of aryl methyl sites for hydroxylation is 2. The summed E-state index contributed by atoms with van der Waals surface area (Å²) >= 11 is 0. The Morgan fingerprint density at radius 3 is 2.84 bits per heavy atom. The van der Waals surface area contributed by atoms with E-state index in [0.717, 1.165) is 28.3 Å². The molecule has 0 N–H and O–H groups in total. The van der Waals surface area contributed by atoms with E-state index in [1.807, 2.05) is 31.3 Å². The molecule has 96 valence electrons. The number of para-hydroxylation sites is 1. The van der Waals surface area contributed by atoms with Crippen LogP contribution in [0.15, 0.2) is 41.5 Å². The van der Waals surface area contributed by atoms with E-state index >= 15 is 0 Å². The standard InChI is InChI=1S/C16H16N2O/c1-11-9-13(10-18-12(11)2)16-14-5-3-4-6-15(14)19-8-7-17-16/h3-6,9-10H,7-8H2,1-2H3. The van der Waals surface area contributed by atoms with E-state index in [1.54, 1.807) is 0 Å². The van der Waals surface area contributed by atoms with Crippen LogP contribution in [0, 0.1) is 13.8 Å². The van der Waals surface area contributed by atoms with Gasteiger partial charge in [-0.3, -0.25) is 9.98 Å². The van der Waals surface area contributed by atoms with Gasteiger partial charge in [0.05, 0.1) is 12.3 Å². The van der Waals surface area contributed by atoms with E-state index in [4.69, 9.17) is 4.74 Å². The van der Waals surface area contributed by atoms with Gasteiger partial charge in [0.1, 0.15) is 12.4 Å². The molecule has 1 aromatic heterocycles. The topological polar surface area (TPSA) is 34.5 Å². The fourth-order valence-corrected chi connectivity index (χ4v) is 2.21. The number of benzene rings is 1. The summed E-state index contributed by atoms with van der Waals surface area (Å²) in [5.41, 5.74) is 5.32. The number of hydrogen-bond acceptors (Lipinski definition) is 3. The second-order valence-corrected chi connectivity index (χ2v) is 4.70. The number of pyridine rings is 1. The third-order valence-electron chi connectivity index (χ3n) is 3.37. The lowest BCUT2D eigenvalue weighted by Gasteiger charge is -2.10. The van der Waals surface area contributed by atoms with Crippen molar-refractivity contribution in [1.29, 1.82) is 0 Å². The molecule has 2 heterocycles. The Balaban J connectivity index is 2.13. The van der Waals surface area contributed by atoms with E-state index in [9.17, 15) is 0 Å². The second-order valence-electron chi connectivity index (χ2n) is 4.70. The normalized spacial score (nSPS) is 14.1. The summed E-state index contributed by atoms with van der Waals surface area (Å²) in [6, 6.07) is 10.2. The minimum atomic E-state index is 0.624. The molecule has 3 nitrogen and oxygen atoms in total. The van der Waals surface area contributed by atoms with Crippen LogP contribution in [0.25, 0.3) is 0 Å². The molecule has 1 aromatic carbocycles. The summed E-state index contributed by atoms with van der Waals surface area (Å²) in [6.07, 6.45) is 1.89. The summed E-state index contributed by atoms with van der Waals surface area (Å²) in [5, 5.41) is 0. The Morgan fingerprint density at radius 1 is 1.16 bits per heavy atom. The van der Waals surface area contributed by atoms with Crippen molar-refractivity contribution >= 4 is 5.71 Å². The molecule has 0 amide bonds. The van der Waals surface area contributed by atoms with E-state index in [2.05, 4.69) is 29.0 Å². The highest BCUT2D eigenvalue weighted by atomic mass is 16.5. The lowest BCUT2D eigenvalue weighted by molar-refractivity contribution is 0.331. The molecule has 0 spiro atoms. The van der Waals surface area contributed by atoms with Crippen molar-refractivity contribution in [3.8, 4) is 5.75 Å². The molecule has 1 aliphatic heterocycles. The molecule has 3 rings (SSSR count). The molecular formula is C16H16N2O. The first-order valence-corrected chi connectivity index (χ1v) is 6.46. The zero-order valence-corrected chi connectivity index (χ0v) is 11.2. The fraction of sp³-hybridized carbons (Fsp3) is 0.250. The van der Waals surface area contributed by atoms with Gasteiger partial charge >= 0.3 is 0 Å². The van der Waals surface area contributed by atoms with Crippen molar-refractivity contribution in [3.63, 3.8) is 0 Å². The smallest absolute Gasteiger partial charge is 0.128 e. The molecule has 0 aliphatic carbocycles. The van der Waals surface area contributed by atoms with Crippen LogP contribution in [0.2, 0.25) is 0 Å². The Kier molecular flexibility index (Phi) is 3.03. The van der Waals surface area contributed by atoms with Gasteiger partial charge in [-0.05, 0) is 37.6 Å². The molecule has 0 bridgehead atoms. The maximum atomic E-state index is 5.72. The number of aliphatic imine (C=N–C) groups is 1. The molecule has 0 fully saturated rings. The summed E-state index contributed by atoms with van der Waals surface area (Å²) in [4.78, 5) is 9.09. The Morgan fingerprint density at radius 2 is 2.00 bits per heavy atom. The summed E-state index contributed by atoms with van der Waals surface area (Å²) in [5.74, 6) is 0.900. The number of ether oxygens (including phenoxy) is 1. The van der Waals surface area contributed by atoms with Crippen LogP contribution >= 0.6 is 0 Å². The molecule has 3 heteroatoms. The predicted octanol–water partition coefficient (Wildman–Crippen LogP) is 2.93. The first-order chi connectivity index (χ1) is 9.25. The molecule has 0 saturated carbocycles. The molecule has 19 heavy (non-hydrogen) atoms. The number of hydrogen-bond donors (Lipinski definition) is 0. The van der Waals surface area contributed by atoms with Gasteiger partial charge in [-0.2, -0.15) is 0 Å². The Labute approximate surface area is 113 Å². The van der Waals surface area contributed by atoms with Gasteiger partial charge < -0.3 is 4.74 Å². The van der Waals surface area contributed by atoms with Crippen molar-refractivity contribution in [2.45, 2.75) is 13.8 Å². The molecular weight excluding hydrogens is 236 g/mol. The number of aromatic nitrogens is 1. The molecule has 0 unspecified atom stereocenters. The molecule has 1 aliphatic rings. The minimum absolute atomic E-state index is 0.624. The largest absolute Gasteiger partial charge is 0.491 e. The quantitative estimate of drug-likeness (QED) is 0.782. The van der Waals surface area contributed by atoms with Crippen LogP contribution in [0.5, 0.6) is 5.75 Å². The van der Waals surface area contributed by atoms with Crippen LogP contribution in [0.1, 0.15) is 22.4 Å². The zero-order chi connectivity index (χ0) is 13.2. The number of nitrogens with zero attached hydrogens (tertiary/aromatic N) is 2. The average Bonchev–Trinajstić information content (AvgIpc) is 2.64. The third kappa shape index (κ3) is 2.24. The highest BCUT2D eigenvalue weighted by Crippen LogP contribution is 2.24. The first-order valence-electron chi connectivity index (χ1n) is 6.46. The van der Waals surface area contributed by atoms with Gasteiger partial charge in [-0.15, -0.1) is 0 Å². The van der Waals surface area contributed by atoms with Crippen molar-refractivity contribution in [3.05, 3.63) is 58.9 Å². The summed E-state index contributed by atoms with van der Waals surface area (Å²) < 4.78 is 5.72. The second kappa shape index (κ2) is 4.84. The molecule has 0 saturated heterocycles. The Bertz CT molecular complexity index is 647. The van der Waals surface area contributed by atoms with Gasteiger partial charge in [0.15, 0.2) is 0 Å². The maximum absolute atomic E-state index is 5.72. The van der Waals surface area contributed by atoms with Gasteiger partial charge in [-0.1, -0.05) is 12.1 Å². The SMILES string of the molecule is Cc1cc(C2=NCCOc3ccccc32)cnc1C. The molecule has 0 radical (unpaired) electrons. The highest BCUT2D eigenvalue weighted by Gasteiger charge is 2.15. The van der Waals surface area contributed by atoms with Crippen LogP contribution < -0.4 is 4.74 Å². The van der Waals surface area contributed by atoms with Gasteiger partial charge in [0, 0.05) is 23.0 Å². The first kappa shape index (κ1) is 11.9. The Hall–Kier alpha value is -2.16. The number of fused-ring (bicyclic) bond motifs is 1. The average molecular weight is 252 g/mol. The van der Waals surface area contributed by atoms with Crippen LogP contribution in [0.4, 0.5) is 0 Å². The summed E-state index contributed by atoms with van der Waals surface area (Å²) in [7, 11) is 0. The summed E-state index contributed by atoms with van der Waals surface area (Å²) in [6.45, 7) is 5.40. The van der Waals surface area contributed by atoms with E-state index in [1.165, 1.54) is 5.56 Å². The zero-order valence-electron chi connectivity index (χ0n) is 11.2. The van der Waals surface area contributed by atoms with Crippen molar-refractivity contribution < 1.29 is 4.74 Å². The highest BCUT2D eigenvalue weighted by molar-refractivity contribution is 6.14. The third-order valence-corrected chi connectivity index (χ3v) is 3.37. The fourth-order valence-electron chi connectivity index (χ4n) is 2.21. The van der Waals surface area contributed by atoms with E-state index < -0.39 is 0 Å². The molecule has 2 aromatic rings. The van der Waals surface area contributed by atoms with Crippen molar-refractivity contribution in [2.24, 2.45) is 4.99 Å². The minimum Gasteiger partial charge on any atom is -0.491 e. The van der Waals surface area contributed by atoms with E-state index in [0.29, 0.717) is 13.2 Å². The maximum Gasteiger partial charge on any atom is 0.128 e. The monoisotopic (exact) mass is 252 g/mol. The van der Waals surface area contributed by atoms with Gasteiger partial charge in [0.2, 0.25) is 0 Å². The lowest BCUT2D eigenvalue weighted by Crippen LogP contribution is -2.05. The van der Waals surface area contributed by atoms with Crippen LogP contribution in [-0.2, 0) is 0 Å². The number of rotatable bonds is 1.